The fraction of sp³-hybridized carbons (Fsp3) is 0.176. The van der Waals surface area contributed by atoms with Crippen LogP contribution in [-0.2, 0) is 11.2 Å². The Morgan fingerprint density at radius 2 is 1.96 bits per heavy atom. The van der Waals surface area contributed by atoms with Crippen molar-refractivity contribution in [3.63, 3.8) is 0 Å². The van der Waals surface area contributed by atoms with Crippen LogP contribution in [-0.4, -0.2) is 18.8 Å². The fourth-order valence-electron chi connectivity index (χ4n) is 2.03. The first kappa shape index (κ1) is 16.8. The van der Waals surface area contributed by atoms with Crippen molar-refractivity contribution in [2.75, 3.05) is 12.5 Å². The first-order valence-electron chi connectivity index (χ1n) is 6.92. The number of rotatable bonds is 6. The number of hydrogen-bond acceptors (Lipinski definition) is 5. The number of carboxylic acid groups (broad SMARTS) is 1. The summed E-state index contributed by atoms with van der Waals surface area (Å²) in [7, 11) is 1.50. The third kappa shape index (κ3) is 4.72. The standard InChI is InChI=1S/C17H17ClN2O3/c1-11(19-20-15-6-4-14(18)5-7-15)12-3-8-16(23-2)13(9-12)10-17(21)22/h3-9,20H,10H2,1-2H3,(H,21,22)/p-1/b19-11-. The molecule has 0 aliphatic rings. The Hall–Kier alpha value is -2.53. The first-order chi connectivity index (χ1) is 11.0. The fourth-order valence-corrected chi connectivity index (χ4v) is 2.16. The Labute approximate surface area is 139 Å². The topological polar surface area (TPSA) is 73.8 Å². The van der Waals surface area contributed by atoms with E-state index in [1.54, 1.807) is 24.3 Å². The second-order valence-electron chi connectivity index (χ2n) is 4.89. The van der Waals surface area contributed by atoms with E-state index in [9.17, 15) is 9.90 Å². The smallest absolute Gasteiger partial charge is 0.122 e. The predicted octanol–water partition coefficient (Wildman–Crippen LogP) is 2.48. The summed E-state index contributed by atoms with van der Waals surface area (Å²) in [5.41, 5.74) is 5.78. The number of anilines is 1. The van der Waals surface area contributed by atoms with Crippen molar-refractivity contribution in [2.45, 2.75) is 13.3 Å². The SMILES string of the molecule is COc1ccc(/C(C)=N\Nc2ccc(Cl)cc2)cc1CC(=O)[O-]. The second kappa shape index (κ2) is 7.65. The maximum Gasteiger partial charge on any atom is 0.122 e. The van der Waals surface area contributed by atoms with E-state index in [0.717, 1.165) is 11.3 Å². The van der Waals surface area contributed by atoms with Gasteiger partial charge in [0.05, 0.1) is 18.5 Å². The molecule has 1 N–H and O–H groups in total. The molecule has 0 amide bonds. The summed E-state index contributed by atoms with van der Waals surface area (Å²) < 4.78 is 5.16. The van der Waals surface area contributed by atoms with Crippen LogP contribution >= 0.6 is 11.6 Å². The molecule has 120 valence electrons. The summed E-state index contributed by atoms with van der Waals surface area (Å²) in [6.07, 6.45) is -0.213. The molecule has 2 aromatic rings. The Morgan fingerprint density at radius 3 is 2.57 bits per heavy atom. The van der Waals surface area contributed by atoms with E-state index in [2.05, 4.69) is 10.5 Å². The van der Waals surface area contributed by atoms with Crippen molar-refractivity contribution in [3.05, 3.63) is 58.6 Å². The summed E-state index contributed by atoms with van der Waals surface area (Å²) in [5, 5.41) is 15.8. The van der Waals surface area contributed by atoms with Crippen molar-refractivity contribution in [2.24, 2.45) is 5.10 Å². The van der Waals surface area contributed by atoms with Crippen LogP contribution in [0.15, 0.2) is 47.6 Å². The molecular formula is C17H16ClN2O3-. The molecule has 0 atom stereocenters. The number of hydrazone groups is 1. The zero-order chi connectivity index (χ0) is 16.8. The van der Waals surface area contributed by atoms with E-state index in [1.807, 2.05) is 25.1 Å². The molecule has 0 bridgehead atoms. The van der Waals surface area contributed by atoms with E-state index in [4.69, 9.17) is 16.3 Å². The number of carbonyl (C=O) groups is 1. The molecule has 2 aromatic carbocycles. The van der Waals surface area contributed by atoms with Crippen LogP contribution in [0.2, 0.25) is 5.02 Å². The quantitative estimate of drug-likeness (QED) is 0.652. The molecule has 0 spiro atoms. The normalized spacial score (nSPS) is 11.2. The molecule has 6 heteroatoms. The van der Waals surface area contributed by atoms with Crippen LogP contribution in [0, 0.1) is 0 Å². The minimum atomic E-state index is -1.16. The first-order valence-corrected chi connectivity index (χ1v) is 7.30. The van der Waals surface area contributed by atoms with Gasteiger partial charge in [-0.1, -0.05) is 11.6 Å². The van der Waals surface area contributed by atoms with Crippen LogP contribution in [0.3, 0.4) is 0 Å². The lowest BCUT2D eigenvalue weighted by molar-refractivity contribution is -0.304. The summed E-state index contributed by atoms with van der Waals surface area (Å²) in [6.45, 7) is 1.83. The minimum Gasteiger partial charge on any atom is -0.550 e. The lowest BCUT2D eigenvalue weighted by atomic mass is 10.0. The average Bonchev–Trinajstić information content (AvgIpc) is 2.53. The monoisotopic (exact) mass is 331 g/mol. The van der Waals surface area contributed by atoms with E-state index in [1.165, 1.54) is 7.11 Å². The van der Waals surface area contributed by atoms with Gasteiger partial charge in [-0.15, -0.1) is 0 Å². The van der Waals surface area contributed by atoms with Gasteiger partial charge >= 0.3 is 0 Å². The van der Waals surface area contributed by atoms with Gasteiger partial charge in [-0.3, -0.25) is 5.43 Å². The van der Waals surface area contributed by atoms with Gasteiger partial charge < -0.3 is 14.6 Å². The summed E-state index contributed by atoms with van der Waals surface area (Å²) in [5.74, 6) is -0.647. The average molecular weight is 332 g/mol. The third-order valence-corrected chi connectivity index (χ3v) is 3.48. The molecule has 0 saturated carbocycles. The Kier molecular flexibility index (Phi) is 5.60. The van der Waals surface area contributed by atoms with Gasteiger partial charge in [-0.25, -0.2) is 0 Å². The van der Waals surface area contributed by atoms with Gasteiger partial charge in [0.15, 0.2) is 0 Å². The zero-order valence-corrected chi connectivity index (χ0v) is 13.6. The molecule has 0 heterocycles. The maximum atomic E-state index is 10.8. The van der Waals surface area contributed by atoms with Crippen molar-refractivity contribution < 1.29 is 14.6 Å². The van der Waals surface area contributed by atoms with Gasteiger partial charge in [-0.05, 0) is 55.0 Å². The van der Waals surface area contributed by atoms with Crippen molar-refractivity contribution in [1.29, 1.82) is 0 Å². The highest BCUT2D eigenvalue weighted by Gasteiger charge is 2.07. The van der Waals surface area contributed by atoms with Crippen molar-refractivity contribution >= 4 is 29.0 Å². The molecule has 0 unspecified atom stereocenters. The predicted molar refractivity (Wildman–Crippen MR) is 89.0 cm³/mol. The second-order valence-corrected chi connectivity index (χ2v) is 5.33. The molecular weight excluding hydrogens is 316 g/mol. The number of benzene rings is 2. The van der Waals surface area contributed by atoms with Crippen LogP contribution in [0.25, 0.3) is 0 Å². The van der Waals surface area contributed by atoms with Crippen LogP contribution in [0.1, 0.15) is 18.1 Å². The lowest BCUT2D eigenvalue weighted by Gasteiger charge is -2.11. The number of nitrogens with zero attached hydrogens (tertiary/aromatic N) is 1. The molecule has 0 saturated heterocycles. The molecule has 0 fully saturated rings. The summed E-state index contributed by atoms with van der Waals surface area (Å²) in [6, 6.07) is 12.4. The van der Waals surface area contributed by atoms with Crippen molar-refractivity contribution in [3.8, 4) is 5.75 Å². The van der Waals surface area contributed by atoms with Crippen LogP contribution < -0.4 is 15.3 Å². The van der Waals surface area contributed by atoms with Gasteiger partial charge in [0, 0.05) is 23.0 Å². The molecule has 5 nitrogen and oxygen atoms in total. The third-order valence-electron chi connectivity index (χ3n) is 3.23. The van der Waals surface area contributed by atoms with Crippen LogP contribution in [0.4, 0.5) is 5.69 Å². The number of carboxylic acids is 1. The van der Waals surface area contributed by atoms with E-state index in [0.29, 0.717) is 22.0 Å². The summed E-state index contributed by atoms with van der Waals surface area (Å²) in [4.78, 5) is 10.8. The number of nitrogens with one attached hydrogen (secondary N) is 1. The number of ether oxygens (including phenoxy) is 1. The van der Waals surface area contributed by atoms with E-state index < -0.39 is 5.97 Å². The molecule has 0 aliphatic carbocycles. The number of hydrogen-bond donors (Lipinski definition) is 1. The zero-order valence-electron chi connectivity index (χ0n) is 12.8. The largest absolute Gasteiger partial charge is 0.550 e. The number of aliphatic carboxylic acids is 1. The minimum absolute atomic E-state index is 0.213. The lowest BCUT2D eigenvalue weighted by Crippen LogP contribution is -2.24. The Bertz CT molecular complexity index is 727. The summed E-state index contributed by atoms with van der Waals surface area (Å²) >= 11 is 5.83. The highest BCUT2D eigenvalue weighted by Crippen LogP contribution is 2.21. The van der Waals surface area contributed by atoms with Crippen LogP contribution in [0.5, 0.6) is 5.75 Å². The Morgan fingerprint density at radius 1 is 1.26 bits per heavy atom. The highest BCUT2D eigenvalue weighted by molar-refractivity contribution is 6.30. The number of carbonyl (C=O) groups excluding carboxylic acids is 1. The van der Waals surface area contributed by atoms with Gasteiger partial charge in [-0.2, -0.15) is 5.10 Å². The molecule has 23 heavy (non-hydrogen) atoms. The Balaban J connectivity index is 2.20. The maximum absolute atomic E-state index is 10.8. The molecule has 0 aliphatic heterocycles. The molecule has 0 aromatic heterocycles. The highest BCUT2D eigenvalue weighted by atomic mass is 35.5. The van der Waals surface area contributed by atoms with Crippen molar-refractivity contribution in [1.82, 2.24) is 0 Å². The van der Waals surface area contributed by atoms with Gasteiger partial charge in [0.1, 0.15) is 5.75 Å². The molecule has 2 rings (SSSR count). The van der Waals surface area contributed by atoms with Gasteiger partial charge in [0.2, 0.25) is 0 Å². The number of halogens is 1. The number of methoxy groups -OCH3 is 1. The van der Waals surface area contributed by atoms with E-state index >= 15 is 0 Å². The van der Waals surface area contributed by atoms with Gasteiger partial charge in [0.25, 0.3) is 0 Å². The van der Waals surface area contributed by atoms with E-state index in [-0.39, 0.29) is 6.42 Å². The molecule has 0 radical (unpaired) electrons.